The van der Waals surface area contributed by atoms with Crippen LogP contribution in [0.3, 0.4) is 0 Å². The minimum atomic E-state index is -0.512. The third-order valence-electron chi connectivity index (χ3n) is 4.42. The Kier molecular flexibility index (Phi) is 6.97. The van der Waals surface area contributed by atoms with Gasteiger partial charge >= 0.3 is 5.69 Å². The molecule has 0 N–H and O–H groups in total. The van der Waals surface area contributed by atoms with Gasteiger partial charge in [0.25, 0.3) is 5.91 Å². The van der Waals surface area contributed by atoms with Gasteiger partial charge in [-0.3, -0.25) is 14.9 Å². The Morgan fingerprint density at radius 2 is 1.79 bits per heavy atom. The maximum atomic E-state index is 12.9. The van der Waals surface area contributed by atoms with Crippen LogP contribution in [0.2, 0.25) is 0 Å². The lowest BCUT2D eigenvalue weighted by molar-refractivity contribution is -0.385. The van der Waals surface area contributed by atoms with Crippen LogP contribution in [-0.4, -0.2) is 28.9 Å². The number of nitro benzene ring substituents is 1. The molecule has 1 aromatic heterocycles. The van der Waals surface area contributed by atoms with Crippen molar-refractivity contribution in [2.45, 2.75) is 19.9 Å². The lowest BCUT2D eigenvalue weighted by Crippen LogP contribution is -2.36. The number of rotatable bonds is 9. The van der Waals surface area contributed by atoms with Crippen LogP contribution in [0.4, 0.5) is 5.69 Å². The van der Waals surface area contributed by atoms with Gasteiger partial charge in [0.15, 0.2) is 12.4 Å². The number of hydrogen-bond acceptors (Lipinski definition) is 5. The Morgan fingerprint density at radius 3 is 2.48 bits per heavy atom. The largest absolute Gasteiger partial charge is 0.477 e. The quantitative estimate of drug-likeness (QED) is 0.381. The van der Waals surface area contributed by atoms with Gasteiger partial charge in [0.1, 0.15) is 0 Å². The van der Waals surface area contributed by atoms with E-state index in [1.165, 1.54) is 17.0 Å². The van der Waals surface area contributed by atoms with Crippen LogP contribution >= 0.6 is 11.3 Å². The van der Waals surface area contributed by atoms with Crippen molar-refractivity contribution in [1.29, 1.82) is 0 Å². The molecule has 0 unspecified atom stereocenters. The van der Waals surface area contributed by atoms with Crippen LogP contribution in [0, 0.1) is 17.0 Å². The smallest absolute Gasteiger partial charge is 0.310 e. The lowest BCUT2D eigenvalue weighted by atomic mass is 10.1. The Bertz CT molecular complexity index is 972. The van der Waals surface area contributed by atoms with Gasteiger partial charge < -0.3 is 9.64 Å². The van der Waals surface area contributed by atoms with Gasteiger partial charge in [0, 0.05) is 22.4 Å². The normalized spacial score (nSPS) is 10.5. The number of thiophene rings is 1. The lowest BCUT2D eigenvalue weighted by Gasteiger charge is -2.22. The predicted molar refractivity (Wildman–Crippen MR) is 113 cm³/mol. The summed E-state index contributed by atoms with van der Waals surface area (Å²) in [6, 6.07) is 20.1. The third kappa shape index (κ3) is 5.89. The van der Waals surface area contributed by atoms with E-state index in [9.17, 15) is 14.9 Å². The molecule has 1 amide bonds. The summed E-state index contributed by atoms with van der Waals surface area (Å²) in [6.07, 6.45) is 0.725. The molecule has 0 fully saturated rings. The van der Waals surface area contributed by atoms with E-state index < -0.39 is 4.92 Å². The number of carbonyl (C=O) groups is 1. The van der Waals surface area contributed by atoms with Crippen molar-refractivity contribution in [3.05, 3.63) is 92.2 Å². The number of amides is 1. The molecule has 29 heavy (non-hydrogen) atoms. The summed E-state index contributed by atoms with van der Waals surface area (Å²) in [5.74, 6) is -0.106. The Hall–Kier alpha value is -3.19. The third-order valence-corrected chi connectivity index (χ3v) is 5.41. The molecule has 7 heteroatoms. The second kappa shape index (κ2) is 9.84. The minimum absolute atomic E-state index is 0.0980. The van der Waals surface area contributed by atoms with Crippen molar-refractivity contribution in [3.63, 3.8) is 0 Å². The number of para-hydroxylation sites is 2. The molecular weight excluding hydrogens is 388 g/mol. The van der Waals surface area contributed by atoms with Gasteiger partial charge in [-0.25, -0.2) is 0 Å². The van der Waals surface area contributed by atoms with E-state index >= 15 is 0 Å². The average molecular weight is 410 g/mol. The second-order valence-corrected chi connectivity index (χ2v) is 7.95. The van der Waals surface area contributed by atoms with Gasteiger partial charge in [-0.05, 0) is 37.1 Å². The fourth-order valence-electron chi connectivity index (χ4n) is 2.92. The number of nitro groups is 1. The minimum Gasteiger partial charge on any atom is -0.477 e. The highest BCUT2D eigenvalue weighted by Gasteiger charge is 2.19. The molecule has 2 aromatic carbocycles. The molecule has 0 saturated carbocycles. The van der Waals surface area contributed by atoms with Crippen molar-refractivity contribution in [1.82, 2.24) is 4.90 Å². The van der Waals surface area contributed by atoms with E-state index in [2.05, 4.69) is 0 Å². The fraction of sp³-hybridized carbons (Fsp3) is 0.227. The zero-order valence-corrected chi connectivity index (χ0v) is 16.9. The van der Waals surface area contributed by atoms with Gasteiger partial charge in [0.2, 0.25) is 0 Å². The first-order chi connectivity index (χ1) is 14.0. The molecule has 0 bridgehead atoms. The Morgan fingerprint density at radius 1 is 1.07 bits per heavy atom. The average Bonchev–Trinajstić information content (AvgIpc) is 3.15. The molecule has 3 aromatic rings. The van der Waals surface area contributed by atoms with E-state index in [0.717, 1.165) is 16.9 Å². The first-order valence-electron chi connectivity index (χ1n) is 9.26. The molecule has 3 rings (SSSR count). The number of aryl methyl sites for hydroxylation is 1. The van der Waals surface area contributed by atoms with E-state index in [1.807, 2.05) is 49.4 Å². The first kappa shape index (κ1) is 20.5. The summed E-state index contributed by atoms with van der Waals surface area (Å²) in [7, 11) is 0. The van der Waals surface area contributed by atoms with Crippen LogP contribution in [0.1, 0.15) is 15.3 Å². The highest BCUT2D eigenvalue weighted by Crippen LogP contribution is 2.26. The predicted octanol–water partition coefficient (Wildman–Crippen LogP) is 4.62. The number of benzene rings is 2. The summed E-state index contributed by atoms with van der Waals surface area (Å²) >= 11 is 1.65. The van der Waals surface area contributed by atoms with Gasteiger partial charge in [-0.1, -0.05) is 42.5 Å². The van der Waals surface area contributed by atoms with Crippen LogP contribution in [-0.2, 0) is 17.8 Å². The maximum absolute atomic E-state index is 12.9. The zero-order valence-electron chi connectivity index (χ0n) is 16.1. The molecule has 0 radical (unpaired) electrons. The van der Waals surface area contributed by atoms with Crippen LogP contribution in [0.25, 0.3) is 0 Å². The van der Waals surface area contributed by atoms with E-state index in [0.29, 0.717) is 13.1 Å². The summed E-state index contributed by atoms with van der Waals surface area (Å²) < 4.78 is 5.51. The van der Waals surface area contributed by atoms with E-state index in [4.69, 9.17) is 4.74 Å². The molecular formula is C22H22N2O4S. The highest BCUT2D eigenvalue weighted by molar-refractivity contribution is 7.11. The topological polar surface area (TPSA) is 72.7 Å². The van der Waals surface area contributed by atoms with Crippen molar-refractivity contribution in [2.24, 2.45) is 0 Å². The molecule has 0 aliphatic carbocycles. The van der Waals surface area contributed by atoms with Crippen LogP contribution in [0.5, 0.6) is 5.75 Å². The van der Waals surface area contributed by atoms with Crippen molar-refractivity contribution >= 4 is 22.9 Å². The molecule has 0 spiro atoms. The van der Waals surface area contributed by atoms with E-state index in [1.54, 1.807) is 28.4 Å². The van der Waals surface area contributed by atoms with Crippen molar-refractivity contribution in [3.8, 4) is 5.75 Å². The molecule has 0 saturated heterocycles. The molecule has 0 aliphatic rings. The maximum Gasteiger partial charge on any atom is 0.310 e. The second-order valence-electron chi connectivity index (χ2n) is 6.58. The number of ether oxygens (including phenoxy) is 1. The number of nitrogens with zero attached hydrogens (tertiary/aromatic N) is 2. The molecule has 0 aliphatic heterocycles. The SMILES string of the molecule is Cc1ccc(CN(CCc2ccccc2)C(=O)COc2ccccc2[N+](=O)[O-])s1. The molecule has 6 nitrogen and oxygen atoms in total. The van der Waals surface area contributed by atoms with Crippen molar-refractivity contribution < 1.29 is 14.5 Å². The Labute approximate surface area is 173 Å². The van der Waals surface area contributed by atoms with Crippen LogP contribution in [0.15, 0.2) is 66.7 Å². The first-order valence-corrected chi connectivity index (χ1v) is 10.1. The van der Waals surface area contributed by atoms with Crippen molar-refractivity contribution in [2.75, 3.05) is 13.2 Å². The summed E-state index contributed by atoms with van der Waals surface area (Å²) in [5, 5.41) is 11.1. The number of carbonyl (C=O) groups excluding carboxylic acids is 1. The standard InChI is InChI=1S/C22H22N2O4S/c1-17-11-12-19(29-17)15-23(14-13-18-7-3-2-4-8-18)22(25)16-28-21-10-6-5-9-20(21)24(26)27/h2-12H,13-16H2,1H3. The highest BCUT2D eigenvalue weighted by atomic mass is 32.1. The molecule has 0 atom stereocenters. The van der Waals surface area contributed by atoms with Gasteiger partial charge in [-0.2, -0.15) is 0 Å². The Balaban J connectivity index is 1.68. The van der Waals surface area contributed by atoms with Gasteiger partial charge in [-0.15, -0.1) is 11.3 Å². The monoisotopic (exact) mass is 410 g/mol. The summed E-state index contributed by atoms with van der Waals surface area (Å²) in [4.78, 5) is 27.5. The van der Waals surface area contributed by atoms with Gasteiger partial charge in [0.05, 0.1) is 11.5 Å². The summed E-state index contributed by atoms with van der Waals surface area (Å²) in [6.45, 7) is 2.82. The molecule has 1 heterocycles. The number of hydrogen-bond donors (Lipinski definition) is 0. The van der Waals surface area contributed by atoms with Crippen LogP contribution < -0.4 is 4.74 Å². The molecule has 150 valence electrons. The summed E-state index contributed by atoms with van der Waals surface area (Å²) in [5.41, 5.74) is 0.997. The fourth-order valence-corrected chi connectivity index (χ4v) is 3.83. The van der Waals surface area contributed by atoms with E-state index in [-0.39, 0.29) is 24.0 Å². The zero-order chi connectivity index (χ0) is 20.6.